The second-order valence-corrected chi connectivity index (χ2v) is 7.93. The van der Waals surface area contributed by atoms with Gasteiger partial charge in [-0.15, -0.1) is 5.10 Å². The van der Waals surface area contributed by atoms with Crippen LogP contribution in [0, 0.1) is 0 Å². The summed E-state index contributed by atoms with van der Waals surface area (Å²) in [6.07, 6.45) is -5.09. The summed E-state index contributed by atoms with van der Waals surface area (Å²) >= 11 is 0. The lowest BCUT2D eigenvalue weighted by Gasteiger charge is -2.38. The minimum Gasteiger partial charge on any atom is -0.496 e. The highest BCUT2D eigenvalue weighted by Gasteiger charge is 2.38. The summed E-state index contributed by atoms with van der Waals surface area (Å²) < 4.78 is 45.8. The van der Waals surface area contributed by atoms with E-state index in [4.69, 9.17) is 4.74 Å². The Hall–Kier alpha value is -3.67. The molecule has 1 saturated heterocycles. The topological polar surface area (TPSA) is 105 Å². The summed E-state index contributed by atoms with van der Waals surface area (Å²) in [6, 6.07) is 14.1. The van der Waals surface area contributed by atoms with Gasteiger partial charge in [0.15, 0.2) is 0 Å². The molecule has 0 radical (unpaired) electrons. The Morgan fingerprint density at radius 1 is 1.24 bits per heavy atom. The monoisotopic (exact) mass is 476 g/mol. The van der Waals surface area contributed by atoms with Gasteiger partial charge in [-0.25, -0.2) is 4.79 Å². The highest BCUT2D eigenvalue weighted by atomic mass is 19.4. The number of aromatic nitrogens is 4. The van der Waals surface area contributed by atoms with Crippen molar-refractivity contribution >= 4 is 6.09 Å². The zero-order valence-electron chi connectivity index (χ0n) is 18.2. The number of ether oxygens (including phenoxy) is 1. The molecule has 2 aromatic carbocycles. The van der Waals surface area contributed by atoms with Gasteiger partial charge in [0.25, 0.3) is 5.82 Å². The van der Waals surface area contributed by atoms with Crippen molar-refractivity contribution in [1.82, 2.24) is 30.4 Å². The number of carbonyl (C=O) groups is 1. The molecule has 2 N–H and O–H groups in total. The molecule has 1 aliphatic rings. The van der Waals surface area contributed by atoms with Crippen LogP contribution in [0.15, 0.2) is 48.5 Å². The lowest BCUT2D eigenvalue weighted by molar-refractivity contribution is -0.146. The quantitative estimate of drug-likeness (QED) is 0.562. The molecule has 1 amide bonds. The Labute approximate surface area is 193 Å². The molecule has 0 saturated carbocycles. The van der Waals surface area contributed by atoms with E-state index in [0.717, 1.165) is 5.56 Å². The van der Waals surface area contributed by atoms with E-state index in [0.29, 0.717) is 42.0 Å². The molecule has 180 valence electrons. The zero-order chi connectivity index (χ0) is 24.3. The molecule has 34 heavy (non-hydrogen) atoms. The van der Waals surface area contributed by atoms with E-state index in [-0.39, 0.29) is 17.6 Å². The number of carboxylic acid groups (broad SMARTS) is 1. The van der Waals surface area contributed by atoms with Crippen LogP contribution in [0.4, 0.5) is 18.0 Å². The molecule has 1 aromatic heterocycles. The average Bonchev–Trinajstić information content (AvgIpc) is 3.34. The van der Waals surface area contributed by atoms with Gasteiger partial charge in [0, 0.05) is 37.2 Å². The van der Waals surface area contributed by atoms with Crippen LogP contribution >= 0.6 is 0 Å². The van der Waals surface area contributed by atoms with Gasteiger partial charge in [-0.2, -0.15) is 17.9 Å². The van der Waals surface area contributed by atoms with Crippen molar-refractivity contribution in [2.24, 2.45) is 0 Å². The number of benzene rings is 2. The largest absolute Gasteiger partial charge is 0.496 e. The molecule has 1 fully saturated rings. The van der Waals surface area contributed by atoms with Crippen molar-refractivity contribution in [3.05, 3.63) is 65.5 Å². The Morgan fingerprint density at radius 2 is 2.00 bits per heavy atom. The van der Waals surface area contributed by atoms with E-state index in [1.165, 1.54) is 18.1 Å². The molecule has 2 atom stereocenters. The number of nitrogens with one attached hydrogen (secondary N) is 1. The molecule has 4 rings (SSSR count). The molecule has 12 heteroatoms. The maximum atomic E-state index is 13.3. The van der Waals surface area contributed by atoms with Gasteiger partial charge in [0.05, 0.1) is 12.8 Å². The number of likely N-dealkylation sites (tertiary alicyclic amines) is 1. The summed E-state index contributed by atoms with van der Waals surface area (Å²) in [5, 5.41) is 22.7. The first-order chi connectivity index (χ1) is 16.3. The minimum absolute atomic E-state index is 0.0508. The van der Waals surface area contributed by atoms with Crippen molar-refractivity contribution in [1.29, 1.82) is 0 Å². The summed E-state index contributed by atoms with van der Waals surface area (Å²) in [4.78, 5) is 12.9. The lowest BCUT2D eigenvalue weighted by Crippen LogP contribution is -2.49. The minimum atomic E-state index is -4.71. The van der Waals surface area contributed by atoms with E-state index in [9.17, 15) is 23.1 Å². The van der Waals surface area contributed by atoms with Crippen molar-refractivity contribution in [2.45, 2.75) is 31.1 Å². The summed E-state index contributed by atoms with van der Waals surface area (Å²) in [5.41, 5.74) is 1.78. The van der Waals surface area contributed by atoms with E-state index in [1.807, 2.05) is 30.3 Å². The highest BCUT2D eigenvalue weighted by molar-refractivity contribution is 5.65. The average molecular weight is 476 g/mol. The second-order valence-electron chi connectivity index (χ2n) is 7.93. The van der Waals surface area contributed by atoms with Crippen LogP contribution in [-0.4, -0.2) is 62.5 Å². The number of hydrogen-bond acceptors (Lipinski definition) is 6. The summed E-state index contributed by atoms with van der Waals surface area (Å²) in [5.74, 6) is -0.810. The van der Waals surface area contributed by atoms with Gasteiger partial charge < -0.3 is 20.1 Å². The number of hydrogen-bond donors (Lipinski definition) is 2. The molecule has 0 bridgehead atoms. The van der Waals surface area contributed by atoms with Gasteiger partial charge in [0.1, 0.15) is 5.75 Å². The molecule has 9 nitrogen and oxygen atoms in total. The number of rotatable bonds is 6. The van der Waals surface area contributed by atoms with Gasteiger partial charge in [-0.1, -0.05) is 30.3 Å². The van der Waals surface area contributed by atoms with E-state index in [1.54, 1.807) is 12.1 Å². The number of nitrogens with zero attached hydrogens (tertiary/aromatic N) is 5. The maximum absolute atomic E-state index is 13.3. The molecule has 3 aromatic rings. The molecular formula is C22H23F3N6O3. The van der Waals surface area contributed by atoms with Crippen LogP contribution in [0.2, 0.25) is 0 Å². The molecule has 0 unspecified atom stereocenters. The standard InChI is InChI=1S/C22H23F3N6O3/c1-34-19-8-7-16(31-20(22(23,24)25)27-28-29-31)11-15(19)12-26-18-9-10-30(21(32)33)13-17(18)14-5-3-2-4-6-14/h2-8,11,17-18,26H,9-10,12-13H2,1H3,(H,32,33)/t17-,18-/m0/s1. The Kier molecular flexibility index (Phi) is 6.68. The number of methoxy groups -OCH3 is 1. The Bertz CT molecular complexity index is 1140. The lowest BCUT2D eigenvalue weighted by atomic mass is 9.86. The third-order valence-electron chi connectivity index (χ3n) is 5.90. The van der Waals surface area contributed by atoms with Gasteiger partial charge >= 0.3 is 12.3 Å². The fourth-order valence-corrected chi connectivity index (χ4v) is 4.22. The van der Waals surface area contributed by atoms with Gasteiger partial charge in [0.2, 0.25) is 0 Å². The van der Waals surface area contributed by atoms with Crippen LogP contribution < -0.4 is 10.1 Å². The third-order valence-corrected chi connectivity index (χ3v) is 5.90. The normalized spacial score (nSPS) is 18.6. The number of halogens is 3. The van der Waals surface area contributed by atoms with Crippen LogP contribution in [-0.2, 0) is 12.7 Å². The van der Waals surface area contributed by atoms with Crippen LogP contribution in [0.25, 0.3) is 5.69 Å². The number of amides is 1. The van der Waals surface area contributed by atoms with E-state index >= 15 is 0 Å². The predicted molar refractivity (Wildman–Crippen MR) is 115 cm³/mol. The Balaban J connectivity index is 1.58. The molecule has 0 aliphatic carbocycles. The molecule has 2 heterocycles. The fourth-order valence-electron chi connectivity index (χ4n) is 4.22. The van der Waals surface area contributed by atoms with Gasteiger partial charge in [-0.05, 0) is 40.6 Å². The second kappa shape index (κ2) is 9.67. The smallest absolute Gasteiger partial charge is 0.453 e. The van der Waals surface area contributed by atoms with Crippen molar-refractivity contribution in [3.63, 3.8) is 0 Å². The number of alkyl halides is 3. The summed E-state index contributed by atoms with van der Waals surface area (Å²) in [6.45, 7) is 1.02. The van der Waals surface area contributed by atoms with Crippen LogP contribution in [0.3, 0.4) is 0 Å². The van der Waals surface area contributed by atoms with E-state index < -0.39 is 18.1 Å². The molecule has 1 aliphatic heterocycles. The molecular weight excluding hydrogens is 453 g/mol. The first-order valence-electron chi connectivity index (χ1n) is 10.6. The predicted octanol–water partition coefficient (Wildman–Crippen LogP) is 3.32. The number of tetrazole rings is 1. The maximum Gasteiger partial charge on any atom is 0.453 e. The summed E-state index contributed by atoms with van der Waals surface area (Å²) in [7, 11) is 1.48. The van der Waals surface area contributed by atoms with Crippen molar-refractivity contribution < 1.29 is 27.8 Å². The Morgan fingerprint density at radius 3 is 2.68 bits per heavy atom. The fraction of sp³-hybridized carbons (Fsp3) is 0.364. The molecule has 0 spiro atoms. The first-order valence-corrected chi connectivity index (χ1v) is 10.6. The zero-order valence-corrected chi connectivity index (χ0v) is 18.2. The van der Waals surface area contributed by atoms with E-state index in [2.05, 4.69) is 20.8 Å². The van der Waals surface area contributed by atoms with Gasteiger partial charge in [-0.3, -0.25) is 0 Å². The number of piperidine rings is 1. The third kappa shape index (κ3) is 4.96. The van der Waals surface area contributed by atoms with Crippen LogP contribution in [0.5, 0.6) is 5.75 Å². The SMILES string of the molecule is COc1ccc(-n2nnnc2C(F)(F)F)cc1CN[C@H]1CCN(C(=O)O)C[C@H]1c1ccccc1. The highest BCUT2D eigenvalue weighted by Crippen LogP contribution is 2.31. The van der Waals surface area contributed by atoms with Crippen molar-refractivity contribution in [2.75, 3.05) is 20.2 Å². The first kappa shape index (κ1) is 23.5. The van der Waals surface area contributed by atoms with Crippen LogP contribution in [0.1, 0.15) is 29.3 Å². The van der Waals surface area contributed by atoms with Crippen molar-refractivity contribution in [3.8, 4) is 11.4 Å².